The number of carbonyl (C=O) groups excluding carboxylic acids is 1. The van der Waals surface area contributed by atoms with Gasteiger partial charge in [0.2, 0.25) is 0 Å². The maximum atomic E-state index is 12.9. The fraction of sp³-hybridized carbons (Fsp3) is 0.176. The molecular formula is C17H16FN3O. The number of pyridine rings is 1. The Labute approximate surface area is 127 Å². The molecule has 0 fully saturated rings. The average Bonchev–Trinajstić information content (AvgIpc) is 2.91. The van der Waals surface area contributed by atoms with Crippen LogP contribution in [0.3, 0.4) is 0 Å². The number of benzene rings is 1. The van der Waals surface area contributed by atoms with Gasteiger partial charge in [0.15, 0.2) is 0 Å². The minimum atomic E-state index is -0.294. The van der Waals surface area contributed by atoms with Crippen molar-refractivity contribution in [3.8, 4) is 0 Å². The first-order chi connectivity index (χ1) is 10.5. The molecule has 22 heavy (non-hydrogen) atoms. The molecule has 0 aliphatic rings. The van der Waals surface area contributed by atoms with Gasteiger partial charge in [-0.05, 0) is 49.2 Å². The summed E-state index contributed by atoms with van der Waals surface area (Å²) >= 11 is 0. The first-order valence-electron chi connectivity index (χ1n) is 7.04. The van der Waals surface area contributed by atoms with Crippen LogP contribution in [0.4, 0.5) is 4.39 Å². The van der Waals surface area contributed by atoms with Gasteiger partial charge in [0.1, 0.15) is 17.2 Å². The van der Waals surface area contributed by atoms with Crippen molar-refractivity contribution < 1.29 is 9.18 Å². The summed E-state index contributed by atoms with van der Waals surface area (Å²) in [5.74, 6) is -0.545. The van der Waals surface area contributed by atoms with E-state index in [1.807, 2.05) is 36.6 Å². The van der Waals surface area contributed by atoms with E-state index in [1.165, 1.54) is 12.1 Å². The van der Waals surface area contributed by atoms with Crippen LogP contribution in [-0.2, 0) is 0 Å². The Bertz CT molecular complexity index is 824. The third kappa shape index (κ3) is 2.83. The summed E-state index contributed by atoms with van der Waals surface area (Å²) in [5.41, 5.74) is 3.03. The van der Waals surface area contributed by atoms with Gasteiger partial charge in [0, 0.05) is 12.4 Å². The van der Waals surface area contributed by atoms with Crippen LogP contribution >= 0.6 is 0 Å². The van der Waals surface area contributed by atoms with E-state index in [9.17, 15) is 9.18 Å². The SMILES string of the molecule is Cc1ccn2cc(C(=O)N[C@@H](C)c3ccc(F)cc3)nc2c1. The van der Waals surface area contributed by atoms with Gasteiger partial charge in [0.05, 0.1) is 6.04 Å². The molecule has 0 saturated heterocycles. The van der Waals surface area contributed by atoms with Gasteiger partial charge in [-0.3, -0.25) is 4.79 Å². The lowest BCUT2D eigenvalue weighted by molar-refractivity contribution is 0.0935. The summed E-state index contributed by atoms with van der Waals surface area (Å²) in [5, 5.41) is 2.87. The normalized spacial score (nSPS) is 12.3. The predicted molar refractivity (Wildman–Crippen MR) is 82.2 cm³/mol. The molecule has 1 N–H and O–H groups in total. The van der Waals surface area contributed by atoms with Crippen molar-refractivity contribution in [1.82, 2.24) is 14.7 Å². The van der Waals surface area contributed by atoms with E-state index in [-0.39, 0.29) is 17.8 Å². The molecule has 4 nitrogen and oxygen atoms in total. The number of hydrogen-bond acceptors (Lipinski definition) is 2. The number of nitrogens with one attached hydrogen (secondary N) is 1. The van der Waals surface area contributed by atoms with Crippen molar-refractivity contribution in [3.63, 3.8) is 0 Å². The van der Waals surface area contributed by atoms with Crippen LogP contribution in [0.25, 0.3) is 5.65 Å². The molecule has 1 aromatic carbocycles. The molecule has 1 amide bonds. The molecule has 0 radical (unpaired) electrons. The highest BCUT2D eigenvalue weighted by Gasteiger charge is 2.14. The van der Waals surface area contributed by atoms with E-state index in [1.54, 1.807) is 18.3 Å². The first-order valence-corrected chi connectivity index (χ1v) is 7.04. The van der Waals surface area contributed by atoms with Crippen LogP contribution in [-0.4, -0.2) is 15.3 Å². The number of aromatic nitrogens is 2. The molecule has 1 atom stereocenters. The fourth-order valence-corrected chi connectivity index (χ4v) is 2.30. The summed E-state index contributed by atoms with van der Waals surface area (Å²) in [6.07, 6.45) is 3.57. The lowest BCUT2D eigenvalue weighted by atomic mass is 10.1. The molecule has 3 aromatic rings. The van der Waals surface area contributed by atoms with Crippen LogP contribution in [0.15, 0.2) is 48.8 Å². The predicted octanol–water partition coefficient (Wildman–Crippen LogP) is 3.27. The molecule has 2 aromatic heterocycles. The van der Waals surface area contributed by atoms with Crippen molar-refractivity contribution in [3.05, 3.63) is 71.4 Å². The van der Waals surface area contributed by atoms with Crippen LogP contribution in [0.1, 0.15) is 34.6 Å². The molecule has 2 heterocycles. The Balaban J connectivity index is 1.79. The zero-order valence-electron chi connectivity index (χ0n) is 12.4. The summed E-state index contributed by atoms with van der Waals surface area (Å²) < 4.78 is 14.7. The van der Waals surface area contributed by atoms with E-state index >= 15 is 0 Å². The molecule has 0 saturated carbocycles. The van der Waals surface area contributed by atoms with Gasteiger partial charge in [-0.1, -0.05) is 12.1 Å². The minimum Gasteiger partial charge on any atom is -0.344 e. The lowest BCUT2D eigenvalue weighted by Gasteiger charge is -2.13. The van der Waals surface area contributed by atoms with Crippen molar-refractivity contribution in [1.29, 1.82) is 0 Å². The van der Waals surface area contributed by atoms with Crippen LogP contribution < -0.4 is 5.32 Å². The van der Waals surface area contributed by atoms with Gasteiger partial charge < -0.3 is 9.72 Å². The average molecular weight is 297 g/mol. The number of aryl methyl sites for hydroxylation is 1. The Morgan fingerprint density at radius 1 is 1.27 bits per heavy atom. The summed E-state index contributed by atoms with van der Waals surface area (Å²) in [4.78, 5) is 16.6. The number of imidazole rings is 1. The van der Waals surface area contributed by atoms with E-state index < -0.39 is 0 Å². The van der Waals surface area contributed by atoms with Crippen LogP contribution in [0.5, 0.6) is 0 Å². The van der Waals surface area contributed by atoms with E-state index in [4.69, 9.17) is 0 Å². The Kier molecular flexibility index (Phi) is 3.63. The number of hydrogen-bond donors (Lipinski definition) is 1. The summed E-state index contributed by atoms with van der Waals surface area (Å²) in [7, 11) is 0. The summed E-state index contributed by atoms with van der Waals surface area (Å²) in [6.45, 7) is 3.83. The molecule has 5 heteroatoms. The molecular weight excluding hydrogens is 281 g/mol. The smallest absolute Gasteiger partial charge is 0.271 e. The number of rotatable bonds is 3. The highest BCUT2D eigenvalue weighted by molar-refractivity contribution is 5.93. The molecule has 0 unspecified atom stereocenters. The number of carbonyl (C=O) groups is 1. The highest BCUT2D eigenvalue weighted by atomic mass is 19.1. The van der Waals surface area contributed by atoms with E-state index in [0.29, 0.717) is 5.69 Å². The van der Waals surface area contributed by atoms with Gasteiger partial charge >= 0.3 is 0 Å². The van der Waals surface area contributed by atoms with E-state index in [0.717, 1.165) is 16.8 Å². The fourth-order valence-electron chi connectivity index (χ4n) is 2.30. The highest BCUT2D eigenvalue weighted by Crippen LogP contribution is 2.14. The van der Waals surface area contributed by atoms with Gasteiger partial charge in [-0.2, -0.15) is 0 Å². The zero-order valence-corrected chi connectivity index (χ0v) is 12.4. The molecule has 0 bridgehead atoms. The maximum Gasteiger partial charge on any atom is 0.271 e. The third-order valence-electron chi connectivity index (χ3n) is 3.57. The molecule has 0 aliphatic carbocycles. The number of halogens is 1. The van der Waals surface area contributed by atoms with Crippen molar-refractivity contribution in [2.75, 3.05) is 0 Å². The second-order valence-corrected chi connectivity index (χ2v) is 5.34. The molecule has 0 aliphatic heterocycles. The van der Waals surface area contributed by atoms with Gasteiger partial charge in [-0.15, -0.1) is 0 Å². The van der Waals surface area contributed by atoms with Crippen molar-refractivity contribution in [2.24, 2.45) is 0 Å². The number of fused-ring (bicyclic) bond motifs is 1. The van der Waals surface area contributed by atoms with Crippen molar-refractivity contribution >= 4 is 11.6 Å². The number of nitrogens with zero attached hydrogens (tertiary/aromatic N) is 2. The Morgan fingerprint density at radius 2 is 2.00 bits per heavy atom. The van der Waals surface area contributed by atoms with Crippen LogP contribution in [0.2, 0.25) is 0 Å². The molecule has 0 spiro atoms. The number of amides is 1. The van der Waals surface area contributed by atoms with Gasteiger partial charge in [-0.25, -0.2) is 9.37 Å². The topological polar surface area (TPSA) is 46.4 Å². The quantitative estimate of drug-likeness (QED) is 0.806. The lowest BCUT2D eigenvalue weighted by Crippen LogP contribution is -2.26. The van der Waals surface area contributed by atoms with Crippen molar-refractivity contribution in [2.45, 2.75) is 19.9 Å². The minimum absolute atomic E-state index is 0.223. The summed E-state index contributed by atoms with van der Waals surface area (Å²) in [6, 6.07) is 9.73. The molecule has 3 rings (SSSR count). The second kappa shape index (κ2) is 5.60. The first kappa shape index (κ1) is 14.3. The van der Waals surface area contributed by atoms with Gasteiger partial charge in [0.25, 0.3) is 5.91 Å². The largest absolute Gasteiger partial charge is 0.344 e. The molecule has 112 valence electrons. The monoisotopic (exact) mass is 297 g/mol. The standard InChI is InChI=1S/C17H16FN3O/c1-11-7-8-21-10-15(20-16(21)9-11)17(22)19-12(2)13-3-5-14(18)6-4-13/h3-10,12H,1-2H3,(H,19,22)/t12-/m0/s1. The zero-order chi connectivity index (χ0) is 15.7. The maximum absolute atomic E-state index is 12.9. The van der Waals surface area contributed by atoms with E-state index in [2.05, 4.69) is 10.3 Å². The Morgan fingerprint density at radius 3 is 2.73 bits per heavy atom. The Hall–Kier alpha value is -2.69. The van der Waals surface area contributed by atoms with Crippen LogP contribution in [0, 0.1) is 12.7 Å². The second-order valence-electron chi connectivity index (χ2n) is 5.34. The third-order valence-corrected chi connectivity index (χ3v) is 3.57.